The Morgan fingerprint density at radius 2 is 1.94 bits per heavy atom. The first-order valence-corrected chi connectivity index (χ1v) is 7.44. The van der Waals surface area contributed by atoms with E-state index in [-0.39, 0.29) is 17.4 Å². The predicted molar refractivity (Wildman–Crippen MR) is 66.2 cm³/mol. The Balaban J connectivity index is 3.27. The summed E-state index contributed by atoms with van der Waals surface area (Å²) < 4.78 is 37.8. The van der Waals surface area contributed by atoms with Crippen molar-refractivity contribution >= 4 is 35.7 Å². The number of halogens is 2. The van der Waals surface area contributed by atoms with Crippen LogP contribution in [0.4, 0.5) is 0 Å². The number of methoxy groups -OCH3 is 2. The fraction of sp³-hybridized carbons (Fsp3) is 0.333. The van der Waals surface area contributed by atoms with Crippen LogP contribution in [0.25, 0.3) is 0 Å². The van der Waals surface area contributed by atoms with Gasteiger partial charge in [-0.25, -0.2) is 8.42 Å². The lowest BCUT2D eigenvalue weighted by atomic mass is 10.3. The van der Waals surface area contributed by atoms with Crippen LogP contribution in [0.5, 0.6) is 11.5 Å². The monoisotopic (exact) mass is 344 g/mol. The summed E-state index contributed by atoms with van der Waals surface area (Å²) in [6, 6.07) is 2.73. The van der Waals surface area contributed by atoms with E-state index in [0.717, 1.165) is 0 Å². The Bertz CT molecular complexity index is 502. The molecule has 0 radical (unpaired) electrons. The van der Waals surface area contributed by atoms with Crippen molar-refractivity contribution < 1.29 is 22.6 Å². The number of ether oxygens (including phenoxy) is 3. The van der Waals surface area contributed by atoms with Gasteiger partial charge in [0.25, 0.3) is 9.05 Å². The van der Waals surface area contributed by atoms with E-state index in [1.165, 1.54) is 26.4 Å². The van der Waals surface area contributed by atoms with Crippen molar-refractivity contribution in [1.29, 1.82) is 0 Å². The van der Waals surface area contributed by atoms with Crippen LogP contribution in [0, 0.1) is 0 Å². The number of benzene rings is 1. The molecule has 0 spiro atoms. The summed E-state index contributed by atoms with van der Waals surface area (Å²) in [4.78, 5) is -0.0916. The molecule has 0 bridgehead atoms. The van der Waals surface area contributed by atoms with Gasteiger partial charge in [-0.1, -0.05) is 0 Å². The fourth-order valence-corrected chi connectivity index (χ4v) is 3.26. The van der Waals surface area contributed by atoms with Gasteiger partial charge in [0.1, 0.15) is 4.90 Å². The zero-order valence-electron chi connectivity index (χ0n) is 9.07. The third kappa shape index (κ3) is 3.74. The van der Waals surface area contributed by atoms with E-state index in [9.17, 15) is 8.42 Å². The molecule has 0 aromatic heterocycles. The molecule has 1 rings (SSSR count). The van der Waals surface area contributed by atoms with Gasteiger partial charge >= 0.3 is 0 Å². The molecule has 0 fully saturated rings. The minimum atomic E-state index is -3.86. The first-order valence-electron chi connectivity index (χ1n) is 4.34. The van der Waals surface area contributed by atoms with Crippen molar-refractivity contribution in [3.63, 3.8) is 0 Å². The molecule has 17 heavy (non-hydrogen) atoms. The number of rotatable bonds is 5. The molecule has 0 atom stereocenters. The molecule has 0 aliphatic rings. The lowest BCUT2D eigenvalue weighted by Crippen LogP contribution is -2.02. The molecule has 96 valence electrons. The van der Waals surface area contributed by atoms with Crippen LogP contribution in [0.2, 0.25) is 0 Å². The van der Waals surface area contributed by atoms with Crippen molar-refractivity contribution in [1.82, 2.24) is 0 Å². The van der Waals surface area contributed by atoms with Crippen LogP contribution in [-0.4, -0.2) is 29.4 Å². The van der Waals surface area contributed by atoms with Gasteiger partial charge in [0.15, 0.2) is 18.3 Å². The quantitative estimate of drug-likeness (QED) is 0.605. The van der Waals surface area contributed by atoms with Gasteiger partial charge in [-0.3, -0.25) is 0 Å². The molecule has 5 nitrogen and oxygen atoms in total. The molecule has 0 N–H and O–H groups in total. The molecule has 8 heteroatoms. The summed E-state index contributed by atoms with van der Waals surface area (Å²) >= 11 is 3.10. The molecule has 0 aliphatic heterocycles. The molecule has 0 amide bonds. The minimum Gasteiger partial charge on any atom is -0.493 e. The van der Waals surface area contributed by atoms with Crippen molar-refractivity contribution in [3.8, 4) is 11.5 Å². The van der Waals surface area contributed by atoms with E-state index in [1.54, 1.807) is 0 Å². The van der Waals surface area contributed by atoms with Crippen molar-refractivity contribution in [2.24, 2.45) is 0 Å². The maximum atomic E-state index is 11.3. The number of hydrogen-bond acceptors (Lipinski definition) is 5. The van der Waals surface area contributed by atoms with Crippen LogP contribution >= 0.6 is 26.6 Å². The SMILES string of the molecule is COCOc1cc(S(=O)(=O)Cl)c(Br)cc1OC. The summed E-state index contributed by atoms with van der Waals surface area (Å²) in [5.74, 6) is 0.606. The third-order valence-corrected chi connectivity index (χ3v) is 4.09. The van der Waals surface area contributed by atoms with E-state index in [1.807, 2.05) is 0 Å². The van der Waals surface area contributed by atoms with E-state index >= 15 is 0 Å². The molecule has 0 heterocycles. The highest BCUT2D eigenvalue weighted by atomic mass is 79.9. The van der Waals surface area contributed by atoms with Crippen molar-refractivity contribution in [2.75, 3.05) is 21.0 Å². The summed E-state index contributed by atoms with van der Waals surface area (Å²) in [6.45, 7) is -0.0280. The Kier molecular flexibility index (Phi) is 5.05. The molecule has 0 aliphatic carbocycles. The molecular weight excluding hydrogens is 336 g/mol. The van der Waals surface area contributed by atoms with E-state index in [2.05, 4.69) is 15.9 Å². The molecule has 0 saturated carbocycles. The predicted octanol–water partition coefficient (Wildman–Crippen LogP) is 2.37. The van der Waals surface area contributed by atoms with Gasteiger partial charge in [-0.2, -0.15) is 0 Å². The van der Waals surface area contributed by atoms with Crippen LogP contribution < -0.4 is 9.47 Å². The van der Waals surface area contributed by atoms with Gasteiger partial charge in [-0.05, 0) is 22.0 Å². The highest BCUT2D eigenvalue weighted by molar-refractivity contribution is 9.10. The second kappa shape index (κ2) is 5.90. The van der Waals surface area contributed by atoms with E-state index in [4.69, 9.17) is 24.9 Å². The van der Waals surface area contributed by atoms with Crippen LogP contribution in [0.3, 0.4) is 0 Å². The largest absolute Gasteiger partial charge is 0.493 e. The Morgan fingerprint density at radius 1 is 1.29 bits per heavy atom. The average molecular weight is 346 g/mol. The first kappa shape index (κ1) is 14.6. The summed E-state index contributed by atoms with van der Waals surface area (Å²) in [5.41, 5.74) is 0. The van der Waals surface area contributed by atoms with Crippen LogP contribution in [-0.2, 0) is 13.8 Å². The normalized spacial score (nSPS) is 11.3. The zero-order chi connectivity index (χ0) is 13.1. The Hall–Kier alpha value is -0.500. The Labute approximate surface area is 112 Å². The second-order valence-electron chi connectivity index (χ2n) is 2.92. The lowest BCUT2D eigenvalue weighted by molar-refractivity contribution is 0.0489. The van der Waals surface area contributed by atoms with Gasteiger partial charge in [0, 0.05) is 28.3 Å². The van der Waals surface area contributed by atoms with E-state index in [0.29, 0.717) is 10.2 Å². The maximum Gasteiger partial charge on any atom is 0.262 e. The summed E-state index contributed by atoms with van der Waals surface area (Å²) in [7, 11) is 4.31. The van der Waals surface area contributed by atoms with Gasteiger partial charge in [-0.15, -0.1) is 0 Å². The van der Waals surface area contributed by atoms with Crippen LogP contribution in [0.15, 0.2) is 21.5 Å². The van der Waals surface area contributed by atoms with Crippen molar-refractivity contribution in [3.05, 3.63) is 16.6 Å². The Morgan fingerprint density at radius 3 is 2.41 bits per heavy atom. The fourth-order valence-electron chi connectivity index (χ4n) is 1.10. The molecule has 0 unspecified atom stereocenters. The van der Waals surface area contributed by atoms with Gasteiger partial charge in [0.2, 0.25) is 0 Å². The second-order valence-corrected chi connectivity index (χ2v) is 6.31. The highest BCUT2D eigenvalue weighted by Crippen LogP contribution is 2.36. The average Bonchev–Trinajstić information content (AvgIpc) is 2.25. The first-order chi connectivity index (χ1) is 7.90. The molecule has 1 aromatic carbocycles. The van der Waals surface area contributed by atoms with Crippen molar-refractivity contribution in [2.45, 2.75) is 4.90 Å². The van der Waals surface area contributed by atoms with E-state index < -0.39 is 9.05 Å². The topological polar surface area (TPSA) is 61.8 Å². The minimum absolute atomic E-state index is 0.0280. The third-order valence-electron chi connectivity index (χ3n) is 1.81. The lowest BCUT2D eigenvalue weighted by Gasteiger charge is -2.12. The zero-order valence-corrected chi connectivity index (χ0v) is 12.2. The molecular formula is C9H10BrClO5S. The molecule has 0 saturated heterocycles. The highest BCUT2D eigenvalue weighted by Gasteiger charge is 2.19. The van der Waals surface area contributed by atoms with Gasteiger partial charge in [0.05, 0.1) is 7.11 Å². The standard InChI is InChI=1S/C9H10BrClO5S/c1-14-5-16-8-4-9(17(11,12)13)6(10)3-7(8)15-2/h3-4H,5H2,1-2H3. The number of hydrogen-bond donors (Lipinski definition) is 0. The smallest absolute Gasteiger partial charge is 0.262 e. The molecule has 1 aromatic rings. The summed E-state index contributed by atoms with van der Waals surface area (Å²) in [5, 5.41) is 0. The summed E-state index contributed by atoms with van der Waals surface area (Å²) in [6.07, 6.45) is 0. The van der Waals surface area contributed by atoms with Crippen LogP contribution in [0.1, 0.15) is 0 Å². The maximum absolute atomic E-state index is 11.3. The van der Waals surface area contributed by atoms with Gasteiger partial charge < -0.3 is 14.2 Å².